The van der Waals surface area contributed by atoms with E-state index in [-0.39, 0.29) is 30.5 Å². The maximum atomic E-state index is 11.9. The molecule has 0 radical (unpaired) electrons. The number of hydrogen-bond acceptors (Lipinski definition) is 4. The van der Waals surface area contributed by atoms with Crippen LogP contribution in [0.2, 0.25) is 0 Å². The van der Waals surface area contributed by atoms with Gasteiger partial charge in [-0.25, -0.2) is 0 Å². The van der Waals surface area contributed by atoms with Gasteiger partial charge < -0.3 is 10.6 Å². The van der Waals surface area contributed by atoms with Gasteiger partial charge in [0.15, 0.2) is 0 Å². The second-order valence-electron chi connectivity index (χ2n) is 5.34. The maximum Gasteiger partial charge on any atom is 0.269 e. The number of hydrogen-bond donors (Lipinski definition) is 2. The summed E-state index contributed by atoms with van der Waals surface area (Å²) >= 11 is 3.38. The van der Waals surface area contributed by atoms with Crippen molar-refractivity contribution in [2.24, 2.45) is 0 Å². The average Bonchev–Trinajstić information content (AvgIpc) is 2.57. The molecule has 0 atom stereocenters. The van der Waals surface area contributed by atoms with Crippen LogP contribution in [-0.4, -0.2) is 23.3 Å². The van der Waals surface area contributed by atoms with Gasteiger partial charge in [0.05, 0.1) is 10.6 Å². The monoisotopic (exact) mass is 405 g/mol. The van der Waals surface area contributed by atoms with Crippen LogP contribution in [0.1, 0.15) is 22.3 Å². The Morgan fingerprint density at radius 2 is 1.84 bits per heavy atom. The molecule has 25 heavy (non-hydrogen) atoms. The highest BCUT2D eigenvalue weighted by atomic mass is 79.9. The van der Waals surface area contributed by atoms with Crippen LogP contribution in [0, 0.1) is 17.0 Å². The molecule has 0 aliphatic heterocycles. The molecule has 130 valence electrons. The standard InChI is InChI=1S/C17H16BrN3O4/c1-11-2-7-15(14(18)10-11)20-16(22)8-9-19-17(23)12-3-5-13(6-4-12)21(24)25/h2-7,10H,8-9H2,1H3,(H,19,23)(H,20,22). The molecule has 2 N–H and O–H groups in total. The zero-order valence-corrected chi connectivity index (χ0v) is 15.0. The van der Waals surface area contributed by atoms with Crippen LogP contribution in [0.5, 0.6) is 0 Å². The van der Waals surface area contributed by atoms with Gasteiger partial charge in [0.2, 0.25) is 5.91 Å². The molecule has 8 heteroatoms. The summed E-state index contributed by atoms with van der Waals surface area (Å²) in [7, 11) is 0. The highest BCUT2D eigenvalue weighted by Gasteiger charge is 2.10. The van der Waals surface area contributed by atoms with Crippen molar-refractivity contribution in [1.29, 1.82) is 0 Å². The lowest BCUT2D eigenvalue weighted by Gasteiger charge is -2.09. The van der Waals surface area contributed by atoms with Gasteiger partial charge in [0, 0.05) is 35.1 Å². The predicted octanol–water partition coefficient (Wildman–Crippen LogP) is 3.42. The summed E-state index contributed by atoms with van der Waals surface area (Å²) in [5.74, 6) is -0.618. The number of aryl methyl sites for hydroxylation is 1. The quantitative estimate of drug-likeness (QED) is 0.567. The van der Waals surface area contributed by atoms with E-state index >= 15 is 0 Å². The molecule has 0 spiro atoms. The second-order valence-corrected chi connectivity index (χ2v) is 6.20. The predicted molar refractivity (Wildman–Crippen MR) is 97.6 cm³/mol. The number of nitro benzene ring substituents is 1. The van der Waals surface area contributed by atoms with Crippen LogP contribution < -0.4 is 10.6 Å². The molecule has 7 nitrogen and oxygen atoms in total. The zero-order valence-electron chi connectivity index (χ0n) is 13.4. The third kappa shape index (κ3) is 5.39. The molecule has 0 saturated carbocycles. The van der Waals surface area contributed by atoms with E-state index in [9.17, 15) is 19.7 Å². The Morgan fingerprint density at radius 3 is 2.44 bits per heavy atom. The van der Waals surface area contributed by atoms with E-state index < -0.39 is 4.92 Å². The summed E-state index contributed by atoms with van der Waals surface area (Å²) in [4.78, 5) is 33.9. The molecule has 0 unspecified atom stereocenters. The number of non-ortho nitro benzene ring substituents is 1. The number of nitrogens with zero attached hydrogens (tertiary/aromatic N) is 1. The summed E-state index contributed by atoms with van der Waals surface area (Å²) in [6.45, 7) is 2.11. The highest BCUT2D eigenvalue weighted by Crippen LogP contribution is 2.23. The first-order valence-corrected chi connectivity index (χ1v) is 8.25. The molecule has 0 heterocycles. The SMILES string of the molecule is Cc1ccc(NC(=O)CCNC(=O)c2ccc([N+](=O)[O-])cc2)c(Br)c1. The Morgan fingerprint density at radius 1 is 1.16 bits per heavy atom. The van der Waals surface area contributed by atoms with E-state index in [0.29, 0.717) is 11.3 Å². The van der Waals surface area contributed by atoms with Crippen molar-refractivity contribution in [2.45, 2.75) is 13.3 Å². The summed E-state index contributed by atoms with van der Waals surface area (Å²) in [5, 5.41) is 15.9. The number of amides is 2. The fraction of sp³-hybridized carbons (Fsp3) is 0.176. The number of nitrogens with one attached hydrogen (secondary N) is 2. The van der Waals surface area contributed by atoms with Crippen molar-refractivity contribution in [3.05, 3.63) is 68.2 Å². The van der Waals surface area contributed by atoms with Crippen LogP contribution in [0.15, 0.2) is 46.9 Å². The van der Waals surface area contributed by atoms with Crippen LogP contribution in [0.3, 0.4) is 0 Å². The van der Waals surface area contributed by atoms with E-state index in [1.807, 2.05) is 19.1 Å². The molecule has 2 rings (SSSR count). The molecule has 0 aliphatic rings. The lowest BCUT2D eigenvalue weighted by atomic mass is 10.2. The Balaban J connectivity index is 1.82. The number of nitro groups is 1. The van der Waals surface area contributed by atoms with E-state index in [4.69, 9.17) is 0 Å². The van der Waals surface area contributed by atoms with Crippen LogP contribution in [0.25, 0.3) is 0 Å². The van der Waals surface area contributed by atoms with Crippen molar-refractivity contribution in [3.8, 4) is 0 Å². The summed E-state index contributed by atoms with van der Waals surface area (Å²) < 4.78 is 0.788. The zero-order chi connectivity index (χ0) is 18.4. The van der Waals surface area contributed by atoms with Crippen molar-refractivity contribution in [3.63, 3.8) is 0 Å². The second kappa shape index (κ2) is 8.39. The number of anilines is 1. The van der Waals surface area contributed by atoms with Crippen molar-refractivity contribution in [1.82, 2.24) is 5.32 Å². The largest absolute Gasteiger partial charge is 0.352 e. The number of carbonyl (C=O) groups excluding carboxylic acids is 2. The van der Waals surface area contributed by atoms with E-state index in [2.05, 4.69) is 26.6 Å². The van der Waals surface area contributed by atoms with Gasteiger partial charge in [-0.2, -0.15) is 0 Å². The summed E-state index contributed by atoms with van der Waals surface area (Å²) in [6.07, 6.45) is 0.110. The first-order valence-electron chi connectivity index (χ1n) is 7.45. The minimum Gasteiger partial charge on any atom is -0.352 e. The smallest absolute Gasteiger partial charge is 0.269 e. The van der Waals surface area contributed by atoms with Crippen molar-refractivity contribution < 1.29 is 14.5 Å². The van der Waals surface area contributed by atoms with Gasteiger partial charge in [0.25, 0.3) is 11.6 Å². The third-order valence-electron chi connectivity index (χ3n) is 3.38. The fourth-order valence-electron chi connectivity index (χ4n) is 2.06. The fourth-order valence-corrected chi connectivity index (χ4v) is 2.65. The molecule has 0 aliphatic carbocycles. The molecular formula is C17H16BrN3O4. The van der Waals surface area contributed by atoms with Gasteiger partial charge in [-0.1, -0.05) is 6.07 Å². The highest BCUT2D eigenvalue weighted by molar-refractivity contribution is 9.10. The van der Waals surface area contributed by atoms with Crippen LogP contribution in [0.4, 0.5) is 11.4 Å². The minimum atomic E-state index is -0.533. The Kier molecular flexibility index (Phi) is 6.24. The van der Waals surface area contributed by atoms with E-state index in [1.165, 1.54) is 24.3 Å². The van der Waals surface area contributed by atoms with Crippen LogP contribution >= 0.6 is 15.9 Å². The number of benzene rings is 2. The van der Waals surface area contributed by atoms with E-state index in [1.54, 1.807) is 6.07 Å². The molecular weight excluding hydrogens is 390 g/mol. The number of carbonyl (C=O) groups is 2. The molecule has 0 saturated heterocycles. The molecule has 0 bridgehead atoms. The Bertz CT molecular complexity index is 806. The van der Waals surface area contributed by atoms with Gasteiger partial charge in [-0.05, 0) is 52.7 Å². The molecule has 2 amide bonds. The van der Waals surface area contributed by atoms with Gasteiger partial charge in [-0.15, -0.1) is 0 Å². The first-order chi connectivity index (χ1) is 11.9. The average molecular weight is 406 g/mol. The lowest BCUT2D eigenvalue weighted by molar-refractivity contribution is -0.384. The van der Waals surface area contributed by atoms with Gasteiger partial charge >= 0.3 is 0 Å². The van der Waals surface area contributed by atoms with Gasteiger partial charge in [-0.3, -0.25) is 19.7 Å². The third-order valence-corrected chi connectivity index (χ3v) is 4.03. The Labute approximate surface area is 152 Å². The molecule has 2 aromatic rings. The van der Waals surface area contributed by atoms with Crippen LogP contribution in [-0.2, 0) is 4.79 Å². The summed E-state index contributed by atoms with van der Waals surface area (Å²) in [5.41, 5.74) is 1.95. The normalized spacial score (nSPS) is 10.2. The number of rotatable bonds is 6. The van der Waals surface area contributed by atoms with Crippen molar-refractivity contribution in [2.75, 3.05) is 11.9 Å². The van der Waals surface area contributed by atoms with Gasteiger partial charge in [0.1, 0.15) is 0 Å². The Hall–Kier alpha value is -2.74. The molecule has 0 fully saturated rings. The minimum absolute atomic E-state index is 0.0837. The summed E-state index contributed by atoms with van der Waals surface area (Å²) in [6, 6.07) is 10.8. The maximum absolute atomic E-state index is 11.9. The number of halogens is 1. The topological polar surface area (TPSA) is 101 Å². The first kappa shape index (κ1) is 18.6. The van der Waals surface area contributed by atoms with Crippen molar-refractivity contribution >= 4 is 39.1 Å². The molecule has 2 aromatic carbocycles. The molecule has 0 aromatic heterocycles. The lowest BCUT2D eigenvalue weighted by Crippen LogP contribution is -2.27. The van der Waals surface area contributed by atoms with E-state index in [0.717, 1.165) is 10.0 Å².